The van der Waals surface area contributed by atoms with Gasteiger partial charge in [0.25, 0.3) is 0 Å². The summed E-state index contributed by atoms with van der Waals surface area (Å²) in [6, 6.07) is 16.6. The molecule has 3 atom stereocenters. The standard InChI is InChI=1S/C22H22N2O4S/c1-14(25)23-16-7-9-18(10-8-16)29-19-11-17-12-20(26)24(17)21(19)22(27)28-13-15-5-3-2-4-6-15/h2-10,17,19,21H,11-13H2,1H3,(H,23,25)/t17?,19?,21-/m0/s1. The third kappa shape index (κ3) is 4.29. The van der Waals surface area contributed by atoms with Crippen molar-refractivity contribution in [2.45, 2.75) is 48.6 Å². The summed E-state index contributed by atoms with van der Waals surface area (Å²) in [6.45, 7) is 1.67. The van der Waals surface area contributed by atoms with E-state index in [0.29, 0.717) is 6.42 Å². The molecule has 0 spiro atoms. The maximum Gasteiger partial charge on any atom is 0.330 e. The zero-order chi connectivity index (χ0) is 20.4. The largest absolute Gasteiger partial charge is 0.459 e. The molecule has 2 aliphatic rings. The molecule has 0 radical (unpaired) electrons. The maximum absolute atomic E-state index is 12.9. The molecule has 0 saturated carbocycles. The highest BCUT2D eigenvalue weighted by Gasteiger charge is 2.54. The summed E-state index contributed by atoms with van der Waals surface area (Å²) in [5.41, 5.74) is 1.65. The number of hydrogen-bond donors (Lipinski definition) is 1. The minimum absolute atomic E-state index is 0.0146. The van der Waals surface area contributed by atoms with E-state index in [0.717, 1.165) is 22.6 Å². The molecule has 2 aromatic rings. The van der Waals surface area contributed by atoms with Crippen molar-refractivity contribution in [3.63, 3.8) is 0 Å². The first-order valence-corrected chi connectivity index (χ1v) is 10.5. The van der Waals surface area contributed by atoms with Gasteiger partial charge in [-0.15, -0.1) is 11.8 Å². The molecule has 1 N–H and O–H groups in total. The fraction of sp³-hybridized carbons (Fsp3) is 0.318. The molecule has 7 heteroatoms. The molecule has 29 heavy (non-hydrogen) atoms. The Bertz CT molecular complexity index is 916. The first-order chi connectivity index (χ1) is 14.0. The molecular weight excluding hydrogens is 388 g/mol. The average Bonchev–Trinajstić information content (AvgIpc) is 3.00. The van der Waals surface area contributed by atoms with Crippen molar-refractivity contribution in [1.82, 2.24) is 4.90 Å². The van der Waals surface area contributed by atoms with E-state index in [2.05, 4.69) is 5.32 Å². The molecule has 0 aliphatic carbocycles. The van der Waals surface area contributed by atoms with Gasteiger partial charge in [0.05, 0.1) is 0 Å². The lowest BCUT2D eigenvalue weighted by Crippen LogP contribution is -2.55. The van der Waals surface area contributed by atoms with E-state index in [1.54, 1.807) is 16.7 Å². The van der Waals surface area contributed by atoms with Crippen LogP contribution >= 0.6 is 11.8 Å². The number of carbonyl (C=O) groups is 3. The van der Waals surface area contributed by atoms with Crippen molar-refractivity contribution >= 4 is 35.2 Å². The van der Waals surface area contributed by atoms with Gasteiger partial charge in [-0.1, -0.05) is 30.3 Å². The van der Waals surface area contributed by atoms with Crippen LogP contribution in [0.15, 0.2) is 59.5 Å². The third-order valence-corrected chi connectivity index (χ3v) is 6.47. The molecular formula is C22H22N2O4S. The minimum atomic E-state index is -0.565. The number of anilines is 1. The van der Waals surface area contributed by atoms with E-state index < -0.39 is 6.04 Å². The maximum atomic E-state index is 12.9. The lowest BCUT2D eigenvalue weighted by Gasteiger charge is -2.37. The Kier molecular flexibility index (Phi) is 5.58. The lowest BCUT2D eigenvalue weighted by atomic mass is 10.0. The van der Waals surface area contributed by atoms with E-state index in [-0.39, 0.29) is 35.7 Å². The number of benzene rings is 2. The van der Waals surface area contributed by atoms with E-state index >= 15 is 0 Å². The summed E-state index contributed by atoms with van der Waals surface area (Å²) in [5, 5.41) is 2.69. The molecule has 2 fully saturated rings. The Morgan fingerprint density at radius 1 is 1.14 bits per heavy atom. The van der Waals surface area contributed by atoms with Crippen LogP contribution in [0.4, 0.5) is 5.69 Å². The molecule has 0 aromatic heterocycles. The minimum Gasteiger partial charge on any atom is -0.459 e. The van der Waals surface area contributed by atoms with Crippen molar-refractivity contribution in [3.8, 4) is 0 Å². The number of nitrogens with zero attached hydrogens (tertiary/aromatic N) is 1. The molecule has 2 aliphatic heterocycles. The summed E-state index contributed by atoms with van der Waals surface area (Å²) in [6.07, 6.45) is 1.27. The molecule has 150 valence electrons. The number of ether oxygens (including phenoxy) is 1. The number of amides is 2. The Hall–Kier alpha value is -2.80. The Labute approximate surface area is 173 Å². The number of carbonyl (C=O) groups excluding carboxylic acids is 3. The first-order valence-electron chi connectivity index (χ1n) is 9.57. The molecule has 2 amide bonds. The summed E-state index contributed by atoms with van der Waals surface area (Å²) in [4.78, 5) is 38.8. The second-order valence-corrected chi connectivity index (χ2v) is 8.61. The fourth-order valence-electron chi connectivity index (χ4n) is 3.84. The number of hydrogen-bond acceptors (Lipinski definition) is 5. The van der Waals surface area contributed by atoms with Gasteiger partial charge in [0.15, 0.2) is 0 Å². The SMILES string of the molecule is CC(=O)Nc1ccc(SC2CC3CC(=O)N3[C@@H]2C(=O)OCc2ccccc2)cc1. The van der Waals surface area contributed by atoms with Crippen molar-refractivity contribution in [2.75, 3.05) is 5.32 Å². The van der Waals surface area contributed by atoms with Crippen molar-refractivity contribution in [1.29, 1.82) is 0 Å². The van der Waals surface area contributed by atoms with E-state index in [1.807, 2.05) is 54.6 Å². The Morgan fingerprint density at radius 3 is 2.52 bits per heavy atom. The molecule has 2 aromatic carbocycles. The molecule has 2 heterocycles. The van der Waals surface area contributed by atoms with Gasteiger partial charge in [-0.05, 0) is 36.2 Å². The van der Waals surface area contributed by atoms with Crippen LogP contribution in [0.3, 0.4) is 0 Å². The van der Waals surface area contributed by atoms with Crippen LogP contribution in [-0.4, -0.2) is 40.0 Å². The van der Waals surface area contributed by atoms with Crippen LogP contribution in [0.1, 0.15) is 25.3 Å². The van der Waals surface area contributed by atoms with Crippen LogP contribution < -0.4 is 5.32 Å². The molecule has 6 nitrogen and oxygen atoms in total. The van der Waals surface area contributed by atoms with Crippen molar-refractivity contribution in [3.05, 3.63) is 60.2 Å². The van der Waals surface area contributed by atoms with Crippen LogP contribution in [0.2, 0.25) is 0 Å². The summed E-state index contributed by atoms with van der Waals surface area (Å²) in [5.74, 6) is -0.456. The first kappa shape index (κ1) is 19.5. The van der Waals surface area contributed by atoms with E-state index in [4.69, 9.17) is 4.74 Å². The van der Waals surface area contributed by atoms with Crippen LogP contribution in [0.5, 0.6) is 0 Å². The average molecular weight is 410 g/mol. The van der Waals surface area contributed by atoms with Crippen LogP contribution in [-0.2, 0) is 25.7 Å². The van der Waals surface area contributed by atoms with Gasteiger partial charge in [0.2, 0.25) is 11.8 Å². The van der Waals surface area contributed by atoms with Crippen molar-refractivity contribution < 1.29 is 19.1 Å². The fourth-order valence-corrected chi connectivity index (χ4v) is 5.17. The molecule has 2 saturated heterocycles. The highest BCUT2D eigenvalue weighted by molar-refractivity contribution is 8.00. The zero-order valence-electron chi connectivity index (χ0n) is 16.0. The van der Waals surface area contributed by atoms with Gasteiger partial charge in [-0.3, -0.25) is 9.59 Å². The van der Waals surface area contributed by atoms with E-state index in [9.17, 15) is 14.4 Å². The van der Waals surface area contributed by atoms with Crippen LogP contribution in [0, 0.1) is 0 Å². The second kappa shape index (κ2) is 8.29. The number of fused-ring (bicyclic) bond motifs is 1. The Balaban J connectivity index is 1.44. The van der Waals surface area contributed by atoms with E-state index in [1.165, 1.54) is 6.92 Å². The summed E-state index contributed by atoms with van der Waals surface area (Å²) in [7, 11) is 0. The molecule has 0 bridgehead atoms. The number of esters is 1. The van der Waals surface area contributed by atoms with Crippen LogP contribution in [0.25, 0.3) is 0 Å². The zero-order valence-corrected chi connectivity index (χ0v) is 16.9. The number of rotatable bonds is 6. The van der Waals surface area contributed by atoms with Gasteiger partial charge in [-0.25, -0.2) is 4.79 Å². The Morgan fingerprint density at radius 2 is 1.86 bits per heavy atom. The predicted molar refractivity (Wildman–Crippen MR) is 110 cm³/mol. The predicted octanol–water partition coefficient (Wildman–Crippen LogP) is 3.22. The molecule has 2 unspecified atom stereocenters. The smallest absolute Gasteiger partial charge is 0.330 e. The lowest BCUT2D eigenvalue weighted by molar-refractivity contribution is -0.161. The summed E-state index contributed by atoms with van der Waals surface area (Å²) < 4.78 is 5.55. The van der Waals surface area contributed by atoms with Gasteiger partial charge >= 0.3 is 5.97 Å². The normalized spacial score (nSPS) is 22.6. The quantitative estimate of drug-likeness (QED) is 0.585. The van der Waals surface area contributed by atoms with Gasteiger partial charge in [-0.2, -0.15) is 0 Å². The molecule has 4 rings (SSSR count). The van der Waals surface area contributed by atoms with Gasteiger partial charge in [0, 0.05) is 35.2 Å². The topological polar surface area (TPSA) is 75.7 Å². The summed E-state index contributed by atoms with van der Waals surface area (Å²) >= 11 is 1.58. The van der Waals surface area contributed by atoms with Gasteiger partial charge in [0.1, 0.15) is 12.6 Å². The number of nitrogens with one attached hydrogen (secondary N) is 1. The number of thioether (sulfide) groups is 1. The van der Waals surface area contributed by atoms with Gasteiger partial charge < -0.3 is 15.0 Å². The third-order valence-electron chi connectivity index (χ3n) is 5.18. The van der Waals surface area contributed by atoms with Crippen molar-refractivity contribution in [2.24, 2.45) is 0 Å². The highest BCUT2D eigenvalue weighted by Crippen LogP contribution is 2.43. The second-order valence-electron chi connectivity index (χ2n) is 7.29. The number of β-lactam (4-membered cyclic amide) rings is 1. The highest BCUT2D eigenvalue weighted by atomic mass is 32.2. The monoisotopic (exact) mass is 410 g/mol.